The number of rotatable bonds is 8. The van der Waals surface area contributed by atoms with Gasteiger partial charge in [-0.3, -0.25) is 0 Å². The third-order valence-corrected chi connectivity index (χ3v) is 2.69. The molecule has 0 amide bonds. The first-order valence-corrected chi connectivity index (χ1v) is 5.84. The van der Waals surface area contributed by atoms with E-state index in [1.165, 1.54) is 0 Å². The molecule has 0 aromatic carbocycles. The summed E-state index contributed by atoms with van der Waals surface area (Å²) in [4.78, 5) is 2.34. The number of nitrogens with one attached hydrogen (secondary N) is 1. The van der Waals surface area contributed by atoms with Crippen molar-refractivity contribution in [1.82, 2.24) is 10.2 Å². The van der Waals surface area contributed by atoms with Crippen molar-refractivity contribution < 1.29 is 4.74 Å². The van der Waals surface area contributed by atoms with Gasteiger partial charge in [0, 0.05) is 32.8 Å². The minimum atomic E-state index is -0.000261. The second-order valence-corrected chi connectivity index (χ2v) is 5.13. The fraction of sp³-hybridized carbons (Fsp3) is 1.00. The fourth-order valence-electron chi connectivity index (χ4n) is 1.22. The first-order chi connectivity index (χ1) is 6.87. The summed E-state index contributed by atoms with van der Waals surface area (Å²) < 4.78 is 5.39. The van der Waals surface area contributed by atoms with Gasteiger partial charge in [-0.2, -0.15) is 0 Å². The zero-order chi connectivity index (χ0) is 11.9. The molecule has 0 spiro atoms. The van der Waals surface area contributed by atoms with Crippen LogP contribution < -0.4 is 5.32 Å². The van der Waals surface area contributed by atoms with E-state index in [-0.39, 0.29) is 5.60 Å². The lowest BCUT2D eigenvalue weighted by Crippen LogP contribution is -2.35. The Labute approximate surface area is 95.2 Å². The van der Waals surface area contributed by atoms with Crippen LogP contribution in [0.3, 0.4) is 0 Å². The van der Waals surface area contributed by atoms with E-state index in [4.69, 9.17) is 4.74 Å². The van der Waals surface area contributed by atoms with Crippen LogP contribution >= 0.6 is 0 Å². The van der Waals surface area contributed by atoms with Gasteiger partial charge >= 0.3 is 0 Å². The summed E-state index contributed by atoms with van der Waals surface area (Å²) >= 11 is 0. The standard InChI is InChI=1S/C12H28N2O/c1-11(2)13-8-10-14(5)9-7-12(3,4)15-6/h11,13H,7-10H2,1-6H3. The molecule has 0 bridgehead atoms. The Morgan fingerprint density at radius 3 is 2.33 bits per heavy atom. The highest BCUT2D eigenvalue weighted by Gasteiger charge is 2.16. The van der Waals surface area contributed by atoms with Crippen molar-refractivity contribution in [2.45, 2.75) is 45.8 Å². The lowest BCUT2D eigenvalue weighted by atomic mass is 10.1. The predicted molar refractivity (Wildman–Crippen MR) is 66.3 cm³/mol. The normalized spacial score (nSPS) is 12.8. The molecule has 0 unspecified atom stereocenters. The average molecular weight is 216 g/mol. The van der Waals surface area contributed by atoms with Gasteiger partial charge in [0.25, 0.3) is 0 Å². The maximum atomic E-state index is 5.39. The molecule has 3 nitrogen and oxygen atoms in total. The molecule has 0 atom stereocenters. The summed E-state index contributed by atoms with van der Waals surface area (Å²) in [5, 5.41) is 3.41. The van der Waals surface area contributed by atoms with E-state index in [2.05, 4.69) is 45.0 Å². The highest BCUT2D eigenvalue weighted by Crippen LogP contribution is 2.12. The average Bonchev–Trinajstić information content (AvgIpc) is 2.14. The zero-order valence-electron chi connectivity index (χ0n) is 11.3. The summed E-state index contributed by atoms with van der Waals surface area (Å²) in [6, 6.07) is 0.578. The van der Waals surface area contributed by atoms with E-state index in [9.17, 15) is 0 Å². The number of nitrogens with zero attached hydrogens (tertiary/aromatic N) is 1. The van der Waals surface area contributed by atoms with Gasteiger partial charge in [0.1, 0.15) is 0 Å². The largest absolute Gasteiger partial charge is 0.379 e. The second kappa shape index (κ2) is 7.20. The van der Waals surface area contributed by atoms with Crippen LogP contribution in [-0.2, 0) is 4.74 Å². The molecule has 0 rings (SSSR count). The molecule has 0 aliphatic carbocycles. The Kier molecular flexibility index (Phi) is 7.14. The highest BCUT2D eigenvalue weighted by atomic mass is 16.5. The summed E-state index contributed by atoms with van der Waals surface area (Å²) in [5.74, 6) is 0. The van der Waals surface area contributed by atoms with Crippen LogP contribution in [0.4, 0.5) is 0 Å². The van der Waals surface area contributed by atoms with E-state index >= 15 is 0 Å². The Morgan fingerprint density at radius 1 is 1.27 bits per heavy atom. The fourth-order valence-corrected chi connectivity index (χ4v) is 1.22. The Bertz CT molecular complexity index is 158. The summed E-state index contributed by atoms with van der Waals surface area (Å²) in [6.45, 7) is 11.8. The topological polar surface area (TPSA) is 24.5 Å². The minimum Gasteiger partial charge on any atom is -0.379 e. The number of likely N-dealkylation sites (N-methyl/N-ethyl adjacent to an activating group) is 1. The van der Waals surface area contributed by atoms with Gasteiger partial charge in [-0.1, -0.05) is 13.8 Å². The molecule has 92 valence electrons. The quantitative estimate of drug-likeness (QED) is 0.669. The Hall–Kier alpha value is -0.120. The molecule has 1 N–H and O–H groups in total. The summed E-state index contributed by atoms with van der Waals surface area (Å²) in [6.07, 6.45) is 1.07. The molecule has 0 saturated carbocycles. The molecule has 0 saturated heterocycles. The third-order valence-electron chi connectivity index (χ3n) is 2.69. The van der Waals surface area contributed by atoms with E-state index in [1.807, 2.05) is 0 Å². The van der Waals surface area contributed by atoms with E-state index in [1.54, 1.807) is 7.11 Å². The number of hydrogen-bond acceptors (Lipinski definition) is 3. The van der Waals surface area contributed by atoms with E-state index < -0.39 is 0 Å². The zero-order valence-corrected chi connectivity index (χ0v) is 11.3. The van der Waals surface area contributed by atoms with Crippen molar-refractivity contribution in [1.29, 1.82) is 0 Å². The van der Waals surface area contributed by atoms with Gasteiger partial charge in [-0.05, 0) is 27.3 Å². The van der Waals surface area contributed by atoms with Gasteiger partial charge in [-0.15, -0.1) is 0 Å². The molecule has 3 heteroatoms. The Balaban J connectivity index is 3.53. The molecule has 0 aliphatic rings. The van der Waals surface area contributed by atoms with Crippen LogP contribution in [0.25, 0.3) is 0 Å². The SMILES string of the molecule is COC(C)(C)CCN(C)CCNC(C)C. The van der Waals surface area contributed by atoms with E-state index in [0.717, 1.165) is 26.1 Å². The van der Waals surface area contributed by atoms with Crippen LogP contribution in [0, 0.1) is 0 Å². The summed E-state index contributed by atoms with van der Waals surface area (Å²) in [7, 11) is 3.94. The van der Waals surface area contributed by atoms with Gasteiger partial charge in [0.15, 0.2) is 0 Å². The molecule has 0 radical (unpaired) electrons. The van der Waals surface area contributed by atoms with Crippen molar-refractivity contribution in [3.05, 3.63) is 0 Å². The van der Waals surface area contributed by atoms with Crippen molar-refractivity contribution in [3.8, 4) is 0 Å². The van der Waals surface area contributed by atoms with Crippen LogP contribution in [0.2, 0.25) is 0 Å². The molecule has 15 heavy (non-hydrogen) atoms. The highest BCUT2D eigenvalue weighted by molar-refractivity contribution is 4.70. The Morgan fingerprint density at radius 2 is 1.87 bits per heavy atom. The molecule has 0 aliphatic heterocycles. The monoisotopic (exact) mass is 216 g/mol. The van der Waals surface area contributed by atoms with Gasteiger partial charge < -0.3 is 15.0 Å². The smallest absolute Gasteiger partial charge is 0.0634 e. The first kappa shape index (κ1) is 14.9. The molecule has 0 fully saturated rings. The van der Waals surface area contributed by atoms with Crippen molar-refractivity contribution in [2.75, 3.05) is 33.8 Å². The second-order valence-electron chi connectivity index (χ2n) is 5.13. The van der Waals surface area contributed by atoms with Gasteiger partial charge in [-0.25, -0.2) is 0 Å². The van der Waals surface area contributed by atoms with Crippen molar-refractivity contribution in [2.24, 2.45) is 0 Å². The number of hydrogen-bond donors (Lipinski definition) is 1. The summed E-state index contributed by atoms with van der Waals surface area (Å²) in [5.41, 5.74) is -0.000261. The lowest BCUT2D eigenvalue weighted by Gasteiger charge is -2.26. The first-order valence-electron chi connectivity index (χ1n) is 5.84. The van der Waals surface area contributed by atoms with Crippen LogP contribution in [0.1, 0.15) is 34.1 Å². The van der Waals surface area contributed by atoms with Gasteiger partial charge in [0.2, 0.25) is 0 Å². The maximum absolute atomic E-state index is 5.39. The molecule has 0 aromatic rings. The predicted octanol–water partition coefficient (Wildman–Crippen LogP) is 1.73. The lowest BCUT2D eigenvalue weighted by molar-refractivity contribution is 0.00919. The van der Waals surface area contributed by atoms with Crippen LogP contribution in [0.15, 0.2) is 0 Å². The van der Waals surface area contributed by atoms with Crippen LogP contribution in [-0.4, -0.2) is 50.3 Å². The molecular formula is C12H28N2O. The molecule has 0 aromatic heterocycles. The number of methoxy groups -OCH3 is 1. The maximum Gasteiger partial charge on any atom is 0.0634 e. The van der Waals surface area contributed by atoms with Crippen LogP contribution in [0.5, 0.6) is 0 Å². The third kappa shape index (κ3) is 8.85. The molecular weight excluding hydrogens is 188 g/mol. The van der Waals surface area contributed by atoms with E-state index in [0.29, 0.717) is 6.04 Å². The number of ether oxygens (including phenoxy) is 1. The van der Waals surface area contributed by atoms with Crippen molar-refractivity contribution >= 4 is 0 Å². The minimum absolute atomic E-state index is 0.000261. The molecule has 0 heterocycles. The van der Waals surface area contributed by atoms with Gasteiger partial charge in [0.05, 0.1) is 5.60 Å². The van der Waals surface area contributed by atoms with Crippen molar-refractivity contribution in [3.63, 3.8) is 0 Å².